The Morgan fingerprint density at radius 2 is 1.85 bits per heavy atom. The van der Waals surface area contributed by atoms with Gasteiger partial charge in [0.1, 0.15) is 0 Å². The summed E-state index contributed by atoms with van der Waals surface area (Å²) in [4.78, 5) is 25.2. The van der Waals surface area contributed by atoms with Crippen molar-refractivity contribution in [3.63, 3.8) is 0 Å². The zero-order valence-electron chi connectivity index (χ0n) is 15.0. The van der Waals surface area contributed by atoms with E-state index < -0.39 is 5.91 Å². The van der Waals surface area contributed by atoms with Gasteiger partial charge in [0.15, 0.2) is 11.5 Å². The topological polar surface area (TPSA) is 76.7 Å². The molecule has 2 aromatic rings. The van der Waals surface area contributed by atoms with E-state index >= 15 is 0 Å². The molecule has 0 bridgehead atoms. The number of carbonyl (C=O) groups excluding carboxylic acids is 2. The van der Waals surface area contributed by atoms with Crippen LogP contribution in [0.2, 0.25) is 0 Å². The molecule has 0 aromatic heterocycles. The third-order valence-corrected chi connectivity index (χ3v) is 4.67. The fourth-order valence-corrected chi connectivity index (χ4v) is 3.01. The molecule has 138 valence electrons. The van der Waals surface area contributed by atoms with Crippen molar-refractivity contribution in [1.29, 1.82) is 0 Å². The van der Waals surface area contributed by atoms with E-state index in [9.17, 15) is 9.59 Å². The normalized spacial score (nSPS) is 10.1. The zero-order valence-corrected chi connectivity index (χ0v) is 15.8. The van der Waals surface area contributed by atoms with Crippen molar-refractivity contribution in [2.75, 3.05) is 19.5 Å². The highest BCUT2D eigenvalue weighted by Gasteiger charge is 2.12. The molecule has 7 heteroatoms. The molecule has 2 N–H and O–H groups in total. The molecule has 0 radical (unpaired) electrons. The molecule has 6 nitrogen and oxygen atoms in total. The van der Waals surface area contributed by atoms with Gasteiger partial charge >= 0.3 is 0 Å². The van der Waals surface area contributed by atoms with Gasteiger partial charge in [0.05, 0.1) is 19.5 Å². The number of thioether (sulfide) groups is 1. The maximum atomic E-state index is 12.2. The second-order valence-corrected chi connectivity index (χ2v) is 6.37. The van der Waals surface area contributed by atoms with Gasteiger partial charge in [-0.2, -0.15) is 0 Å². The van der Waals surface area contributed by atoms with Gasteiger partial charge in [-0.05, 0) is 43.7 Å². The SMILES string of the molecule is CCOc1ccc(C(=O)NNC(=O)CSc2ccccc2C)cc1OC. The van der Waals surface area contributed by atoms with Crippen molar-refractivity contribution in [3.05, 3.63) is 53.6 Å². The molecule has 0 aliphatic carbocycles. The Labute approximate surface area is 157 Å². The van der Waals surface area contributed by atoms with Gasteiger partial charge in [0.25, 0.3) is 5.91 Å². The number of carbonyl (C=O) groups is 2. The zero-order chi connectivity index (χ0) is 18.9. The predicted octanol–water partition coefficient (Wildman–Crippen LogP) is 2.96. The van der Waals surface area contributed by atoms with Gasteiger partial charge in [0, 0.05) is 10.5 Å². The van der Waals surface area contributed by atoms with Gasteiger partial charge in [-0.1, -0.05) is 18.2 Å². The van der Waals surface area contributed by atoms with Crippen LogP contribution in [0.4, 0.5) is 0 Å². The Kier molecular flexibility index (Phi) is 7.35. The fourth-order valence-electron chi connectivity index (χ4n) is 2.18. The molecule has 0 fully saturated rings. The standard InChI is InChI=1S/C19H22N2O4S/c1-4-25-15-10-9-14(11-16(15)24-3)19(23)21-20-18(22)12-26-17-8-6-5-7-13(17)2/h5-11H,4,12H2,1-3H3,(H,20,22)(H,21,23). The molecule has 0 saturated heterocycles. The number of ether oxygens (including phenoxy) is 2. The summed E-state index contributed by atoms with van der Waals surface area (Å²) in [6.07, 6.45) is 0. The number of hydrogen-bond donors (Lipinski definition) is 2. The van der Waals surface area contributed by atoms with Gasteiger partial charge in [-0.15, -0.1) is 11.8 Å². The fraction of sp³-hybridized carbons (Fsp3) is 0.263. The molecule has 0 spiro atoms. The molecule has 0 saturated carbocycles. The highest BCUT2D eigenvalue weighted by Crippen LogP contribution is 2.28. The number of nitrogens with one attached hydrogen (secondary N) is 2. The van der Waals surface area contributed by atoms with Crippen molar-refractivity contribution in [2.24, 2.45) is 0 Å². The van der Waals surface area contributed by atoms with Crippen LogP contribution in [0.25, 0.3) is 0 Å². The molecular weight excluding hydrogens is 352 g/mol. The monoisotopic (exact) mass is 374 g/mol. The summed E-state index contributed by atoms with van der Waals surface area (Å²) >= 11 is 1.42. The number of amides is 2. The lowest BCUT2D eigenvalue weighted by Gasteiger charge is -2.12. The number of hydrazine groups is 1. The first-order valence-electron chi connectivity index (χ1n) is 8.13. The summed E-state index contributed by atoms with van der Waals surface area (Å²) in [5.74, 6) is 0.508. The quantitative estimate of drug-likeness (QED) is 0.576. The van der Waals surface area contributed by atoms with Crippen LogP contribution in [0, 0.1) is 6.92 Å². The molecule has 0 heterocycles. The Bertz CT molecular complexity index is 780. The van der Waals surface area contributed by atoms with Gasteiger partial charge in [-0.25, -0.2) is 0 Å². The van der Waals surface area contributed by atoms with Gasteiger partial charge < -0.3 is 9.47 Å². The van der Waals surface area contributed by atoms with E-state index in [1.54, 1.807) is 18.2 Å². The molecule has 2 rings (SSSR count). The smallest absolute Gasteiger partial charge is 0.269 e. The summed E-state index contributed by atoms with van der Waals surface area (Å²) in [7, 11) is 1.50. The van der Waals surface area contributed by atoms with Crippen LogP contribution in [0.3, 0.4) is 0 Å². The average molecular weight is 374 g/mol. The summed E-state index contributed by atoms with van der Waals surface area (Å²) in [5.41, 5.74) is 6.29. The van der Waals surface area contributed by atoms with Crippen molar-refractivity contribution in [3.8, 4) is 11.5 Å². The van der Waals surface area contributed by atoms with E-state index in [0.29, 0.717) is 23.7 Å². The predicted molar refractivity (Wildman–Crippen MR) is 102 cm³/mol. The number of rotatable bonds is 7. The number of methoxy groups -OCH3 is 1. The van der Waals surface area contributed by atoms with Crippen LogP contribution in [0.1, 0.15) is 22.8 Å². The maximum absolute atomic E-state index is 12.2. The molecule has 0 unspecified atom stereocenters. The van der Waals surface area contributed by atoms with Crippen molar-refractivity contribution < 1.29 is 19.1 Å². The summed E-state index contributed by atoms with van der Waals surface area (Å²) in [6.45, 7) is 4.35. The summed E-state index contributed by atoms with van der Waals surface area (Å²) < 4.78 is 10.6. The Morgan fingerprint density at radius 3 is 2.54 bits per heavy atom. The molecule has 2 aromatic carbocycles. The lowest BCUT2D eigenvalue weighted by atomic mass is 10.2. The third-order valence-electron chi connectivity index (χ3n) is 3.49. The first kappa shape index (κ1) is 19.7. The molecule has 0 aliphatic rings. The van der Waals surface area contributed by atoms with Crippen molar-refractivity contribution >= 4 is 23.6 Å². The minimum absolute atomic E-state index is 0.206. The first-order valence-corrected chi connectivity index (χ1v) is 9.12. The van der Waals surface area contributed by atoms with E-state index in [-0.39, 0.29) is 11.7 Å². The number of aryl methyl sites for hydroxylation is 1. The molecule has 0 atom stereocenters. The van der Waals surface area contributed by atoms with Crippen LogP contribution in [-0.2, 0) is 4.79 Å². The van der Waals surface area contributed by atoms with Gasteiger partial charge in [0.2, 0.25) is 5.91 Å². The number of hydrogen-bond acceptors (Lipinski definition) is 5. The lowest BCUT2D eigenvalue weighted by Crippen LogP contribution is -2.42. The van der Waals surface area contributed by atoms with Crippen LogP contribution < -0.4 is 20.3 Å². The Balaban J connectivity index is 1.87. The first-order chi connectivity index (χ1) is 12.5. The van der Waals surface area contributed by atoms with Crippen LogP contribution in [0.15, 0.2) is 47.4 Å². The minimum atomic E-state index is -0.430. The summed E-state index contributed by atoms with van der Waals surface area (Å²) in [6, 6.07) is 12.7. The second kappa shape index (κ2) is 9.72. The molecule has 0 aliphatic heterocycles. The molecule has 26 heavy (non-hydrogen) atoms. The average Bonchev–Trinajstić information content (AvgIpc) is 2.66. The van der Waals surface area contributed by atoms with Crippen molar-refractivity contribution in [2.45, 2.75) is 18.7 Å². The second-order valence-electron chi connectivity index (χ2n) is 5.36. The Hall–Kier alpha value is -2.67. The van der Waals surface area contributed by atoms with E-state index in [4.69, 9.17) is 9.47 Å². The third kappa shape index (κ3) is 5.42. The van der Waals surface area contributed by atoms with Crippen LogP contribution in [0.5, 0.6) is 11.5 Å². The van der Waals surface area contributed by atoms with Crippen molar-refractivity contribution in [1.82, 2.24) is 10.9 Å². The van der Waals surface area contributed by atoms with E-state index in [1.807, 2.05) is 38.1 Å². The highest BCUT2D eigenvalue weighted by atomic mass is 32.2. The van der Waals surface area contributed by atoms with E-state index in [0.717, 1.165) is 10.5 Å². The Morgan fingerprint density at radius 1 is 1.08 bits per heavy atom. The highest BCUT2D eigenvalue weighted by molar-refractivity contribution is 8.00. The largest absolute Gasteiger partial charge is 0.493 e. The molecular formula is C19H22N2O4S. The number of benzene rings is 2. The lowest BCUT2D eigenvalue weighted by molar-refractivity contribution is -0.119. The van der Waals surface area contributed by atoms with E-state index in [2.05, 4.69) is 10.9 Å². The minimum Gasteiger partial charge on any atom is -0.493 e. The molecule has 2 amide bonds. The van der Waals surface area contributed by atoms with Crippen LogP contribution in [-0.4, -0.2) is 31.3 Å². The van der Waals surface area contributed by atoms with E-state index in [1.165, 1.54) is 18.9 Å². The summed E-state index contributed by atoms with van der Waals surface area (Å²) in [5, 5.41) is 0. The maximum Gasteiger partial charge on any atom is 0.269 e. The van der Waals surface area contributed by atoms with Gasteiger partial charge in [-0.3, -0.25) is 20.4 Å². The van der Waals surface area contributed by atoms with Crippen LogP contribution >= 0.6 is 11.8 Å².